The van der Waals surface area contributed by atoms with E-state index in [1.807, 2.05) is 0 Å². The van der Waals surface area contributed by atoms with Gasteiger partial charge >= 0.3 is 0 Å². The number of amides is 1. The first-order chi connectivity index (χ1) is 9.11. The normalized spacial score (nSPS) is 13.7. The summed E-state index contributed by atoms with van der Waals surface area (Å²) < 4.78 is 26.8. The Bertz CT molecular complexity index is 535. The van der Waals surface area contributed by atoms with Crippen molar-refractivity contribution in [3.05, 3.63) is 29.3 Å². The van der Waals surface area contributed by atoms with Crippen LogP contribution in [-0.2, 0) is 4.79 Å². The molecule has 2 N–H and O–H groups in total. The second-order valence-corrected chi connectivity index (χ2v) is 4.42. The lowest BCUT2D eigenvalue weighted by atomic mass is 10.2. The Morgan fingerprint density at radius 3 is 2.74 bits per heavy atom. The highest BCUT2D eigenvalue weighted by atomic mass is 19.2. The zero-order valence-electron chi connectivity index (χ0n) is 10.2. The topological polar surface area (TPSA) is 64.9 Å². The maximum Gasteiger partial charge on any atom is 0.221 e. The quantitative estimate of drug-likeness (QED) is 0.854. The van der Waals surface area contributed by atoms with Gasteiger partial charge < -0.3 is 10.6 Å². The van der Waals surface area contributed by atoms with Crippen molar-refractivity contribution < 1.29 is 13.6 Å². The Labute approximate surface area is 109 Å². The van der Waals surface area contributed by atoms with Crippen molar-refractivity contribution in [1.29, 1.82) is 5.26 Å². The lowest BCUT2D eigenvalue weighted by molar-refractivity contribution is -0.120. The van der Waals surface area contributed by atoms with Gasteiger partial charge in [-0.2, -0.15) is 5.26 Å². The molecule has 1 aliphatic carbocycles. The van der Waals surface area contributed by atoms with E-state index in [-0.39, 0.29) is 36.2 Å². The van der Waals surface area contributed by atoms with Crippen LogP contribution in [0.25, 0.3) is 0 Å². The average molecular weight is 265 g/mol. The van der Waals surface area contributed by atoms with Gasteiger partial charge in [-0.05, 0) is 25.0 Å². The average Bonchev–Trinajstić information content (AvgIpc) is 3.18. The highest BCUT2D eigenvalue weighted by Gasteiger charge is 2.22. The molecule has 0 radical (unpaired) electrons. The molecule has 2 rings (SSSR count). The van der Waals surface area contributed by atoms with Crippen molar-refractivity contribution in [3.8, 4) is 6.07 Å². The Kier molecular flexibility index (Phi) is 3.95. The van der Waals surface area contributed by atoms with Gasteiger partial charge in [0.1, 0.15) is 6.07 Å². The number of nitrogens with zero attached hydrogens (tertiary/aromatic N) is 1. The summed E-state index contributed by atoms with van der Waals surface area (Å²) in [6.07, 6.45) is 2.21. The summed E-state index contributed by atoms with van der Waals surface area (Å²) in [5.74, 6) is -2.37. The molecule has 0 atom stereocenters. The first kappa shape index (κ1) is 13.3. The summed E-state index contributed by atoms with van der Waals surface area (Å²) in [6, 6.07) is 4.33. The number of nitriles is 1. The molecule has 0 aromatic heterocycles. The molecule has 100 valence electrons. The summed E-state index contributed by atoms with van der Waals surface area (Å²) in [5.41, 5.74) is -0.384. The molecule has 0 bridgehead atoms. The van der Waals surface area contributed by atoms with Gasteiger partial charge in [-0.1, -0.05) is 0 Å². The minimum Gasteiger partial charge on any atom is -0.382 e. The fraction of sp³-hybridized carbons (Fsp3) is 0.385. The molecule has 1 amide bonds. The maximum absolute atomic E-state index is 13.5. The molecular weight excluding hydrogens is 252 g/mol. The molecule has 1 saturated carbocycles. The zero-order chi connectivity index (χ0) is 13.8. The number of carbonyl (C=O) groups excluding carboxylic acids is 1. The molecule has 1 aliphatic rings. The number of anilines is 1. The number of hydrogen-bond acceptors (Lipinski definition) is 3. The minimum absolute atomic E-state index is 0.0456. The first-order valence-corrected chi connectivity index (χ1v) is 6.03. The second kappa shape index (κ2) is 5.65. The summed E-state index contributed by atoms with van der Waals surface area (Å²) in [7, 11) is 0. The number of benzene rings is 1. The van der Waals surface area contributed by atoms with Crippen molar-refractivity contribution in [3.63, 3.8) is 0 Å². The van der Waals surface area contributed by atoms with Crippen LogP contribution < -0.4 is 10.6 Å². The van der Waals surface area contributed by atoms with Crippen LogP contribution in [0.15, 0.2) is 12.1 Å². The van der Waals surface area contributed by atoms with Crippen molar-refractivity contribution in [1.82, 2.24) is 5.32 Å². The van der Waals surface area contributed by atoms with Crippen LogP contribution in [0, 0.1) is 23.0 Å². The molecule has 4 nitrogen and oxygen atoms in total. The van der Waals surface area contributed by atoms with Gasteiger partial charge in [-0.25, -0.2) is 8.78 Å². The number of nitrogens with one attached hydrogen (secondary N) is 2. The van der Waals surface area contributed by atoms with Crippen LogP contribution in [0.2, 0.25) is 0 Å². The second-order valence-electron chi connectivity index (χ2n) is 4.42. The van der Waals surface area contributed by atoms with Crippen molar-refractivity contribution in [2.75, 3.05) is 11.9 Å². The van der Waals surface area contributed by atoms with E-state index < -0.39 is 11.6 Å². The van der Waals surface area contributed by atoms with E-state index in [9.17, 15) is 13.6 Å². The summed E-state index contributed by atoms with van der Waals surface area (Å²) in [6.45, 7) is 0.209. The molecular formula is C13H13F2N3O. The Balaban J connectivity index is 1.87. The fourth-order valence-corrected chi connectivity index (χ4v) is 1.61. The van der Waals surface area contributed by atoms with Gasteiger partial charge in [0.2, 0.25) is 5.91 Å². The zero-order valence-corrected chi connectivity index (χ0v) is 10.2. The molecule has 1 fully saturated rings. The molecule has 0 saturated heterocycles. The van der Waals surface area contributed by atoms with Crippen LogP contribution in [-0.4, -0.2) is 18.5 Å². The van der Waals surface area contributed by atoms with E-state index in [1.165, 1.54) is 12.1 Å². The van der Waals surface area contributed by atoms with E-state index >= 15 is 0 Å². The number of carbonyl (C=O) groups is 1. The minimum atomic E-state index is -1.17. The number of halogens is 2. The summed E-state index contributed by atoms with van der Waals surface area (Å²) >= 11 is 0. The van der Waals surface area contributed by atoms with Crippen LogP contribution in [0.4, 0.5) is 14.5 Å². The molecule has 0 aliphatic heterocycles. The number of rotatable bonds is 5. The third-order valence-corrected chi connectivity index (χ3v) is 2.81. The maximum atomic E-state index is 13.5. The van der Waals surface area contributed by atoms with Crippen molar-refractivity contribution >= 4 is 11.6 Å². The predicted molar refractivity (Wildman–Crippen MR) is 65.3 cm³/mol. The Hall–Kier alpha value is -2.16. The summed E-state index contributed by atoms with van der Waals surface area (Å²) in [5, 5.41) is 14.0. The van der Waals surface area contributed by atoms with E-state index in [0.29, 0.717) is 0 Å². The molecule has 19 heavy (non-hydrogen) atoms. The van der Waals surface area contributed by atoms with E-state index in [4.69, 9.17) is 5.26 Å². The third-order valence-electron chi connectivity index (χ3n) is 2.81. The van der Waals surface area contributed by atoms with Gasteiger partial charge in [-0.3, -0.25) is 4.79 Å². The van der Waals surface area contributed by atoms with Gasteiger partial charge in [0.05, 0.1) is 11.3 Å². The molecule has 6 heteroatoms. The van der Waals surface area contributed by atoms with Gasteiger partial charge in [0, 0.05) is 19.0 Å². The largest absolute Gasteiger partial charge is 0.382 e. The monoisotopic (exact) mass is 265 g/mol. The Morgan fingerprint density at radius 1 is 1.37 bits per heavy atom. The predicted octanol–water partition coefficient (Wildman–Crippen LogP) is 1.92. The van der Waals surface area contributed by atoms with Crippen LogP contribution in [0.1, 0.15) is 24.8 Å². The molecule has 1 aromatic rings. The molecule has 0 spiro atoms. The van der Waals surface area contributed by atoms with E-state index in [0.717, 1.165) is 12.8 Å². The lowest BCUT2D eigenvalue weighted by Crippen LogP contribution is -2.27. The smallest absolute Gasteiger partial charge is 0.221 e. The standard InChI is InChI=1S/C13H13F2N3O/c14-12-8(7-16)1-4-10(13(12)15)17-6-5-11(19)18-9-2-3-9/h1,4,9,17H,2-3,5-6H2,(H,18,19). The van der Waals surface area contributed by atoms with Gasteiger partial charge in [0.25, 0.3) is 0 Å². The van der Waals surface area contributed by atoms with Crippen molar-refractivity contribution in [2.45, 2.75) is 25.3 Å². The summed E-state index contributed by atoms with van der Waals surface area (Å²) in [4.78, 5) is 11.4. The Morgan fingerprint density at radius 2 is 2.11 bits per heavy atom. The molecule has 0 heterocycles. The van der Waals surface area contributed by atoms with Gasteiger partial charge in [-0.15, -0.1) is 0 Å². The number of hydrogen-bond donors (Lipinski definition) is 2. The van der Waals surface area contributed by atoms with Crippen LogP contribution in [0.3, 0.4) is 0 Å². The van der Waals surface area contributed by atoms with Crippen molar-refractivity contribution in [2.24, 2.45) is 0 Å². The van der Waals surface area contributed by atoms with Gasteiger partial charge in [0.15, 0.2) is 11.6 Å². The SMILES string of the molecule is N#Cc1ccc(NCCC(=O)NC2CC2)c(F)c1F. The van der Waals surface area contributed by atoms with E-state index in [1.54, 1.807) is 6.07 Å². The third kappa shape index (κ3) is 3.41. The highest BCUT2D eigenvalue weighted by Crippen LogP contribution is 2.20. The van der Waals surface area contributed by atoms with E-state index in [2.05, 4.69) is 10.6 Å². The fourth-order valence-electron chi connectivity index (χ4n) is 1.61. The highest BCUT2D eigenvalue weighted by molar-refractivity contribution is 5.77. The molecule has 0 unspecified atom stereocenters. The van der Waals surface area contributed by atoms with Crippen LogP contribution in [0.5, 0.6) is 0 Å². The lowest BCUT2D eigenvalue weighted by Gasteiger charge is -2.08. The van der Waals surface area contributed by atoms with Crippen LogP contribution >= 0.6 is 0 Å². The molecule has 1 aromatic carbocycles. The first-order valence-electron chi connectivity index (χ1n) is 6.03.